The fraction of sp³-hybridized carbons (Fsp3) is 0.100. The predicted molar refractivity (Wildman–Crippen MR) is 51.7 cm³/mol. The van der Waals surface area contributed by atoms with Crippen molar-refractivity contribution in [3.8, 4) is 17.9 Å². The normalized spacial score (nSPS) is 8.71. The number of hydrogen-bond donors (Lipinski definition) is 0. The van der Waals surface area contributed by atoms with Crippen LogP contribution in [-0.4, -0.2) is 5.33 Å². The van der Waals surface area contributed by atoms with Crippen molar-refractivity contribution in [1.29, 1.82) is 5.26 Å². The van der Waals surface area contributed by atoms with Gasteiger partial charge in [0.05, 0.1) is 5.33 Å². The molecule has 0 saturated heterocycles. The predicted octanol–water partition coefficient (Wildman–Crippen LogP) is 2.58. The van der Waals surface area contributed by atoms with Crippen LogP contribution in [0.3, 0.4) is 0 Å². The topological polar surface area (TPSA) is 23.8 Å². The van der Waals surface area contributed by atoms with Gasteiger partial charge in [-0.25, -0.2) is 8.78 Å². The summed E-state index contributed by atoms with van der Waals surface area (Å²) in [5.41, 5.74) is -0.354. The first-order chi connectivity index (χ1) is 6.69. The Labute approximate surface area is 88.5 Å². The average molecular weight is 256 g/mol. The number of halogens is 3. The second-order valence-corrected chi connectivity index (χ2v) is 2.92. The average Bonchev–Trinajstić information content (AvgIpc) is 2.14. The molecule has 4 heteroatoms. The van der Waals surface area contributed by atoms with Crippen molar-refractivity contribution in [1.82, 2.24) is 0 Å². The summed E-state index contributed by atoms with van der Waals surface area (Å²) in [4.78, 5) is 0. The maximum absolute atomic E-state index is 13.0. The Morgan fingerprint density at radius 2 is 1.86 bits per heavy atom. The van der Waals surface area contributed by atoms with Gasteiger partial charge in [0.1, 0.15) is 23.3 Å². The Balaban J connectivity index is 3.22. The van der Waals surface area contributed by atoms with Crippen molar-refractivity contribution in [3.05, 3.63) is 34.9 Å². The van der Waals surface area contributed by atoms with Gasteiger partial charge in [-0.2, -0.15) is 5.26 Å². The van der Waals surface area contributed by atoms with Crippen molar-refractivity contribution in [2.45, 2.75) is 0 Å². The lowest BCUT2D eigenvalue weighted by Crippen LogP contribution is -1.91. The monoisotopic (exact) mass is 255 g/mol. The highest BCUT2D eigenvalue weighted by Gasteiger charge is 2.09. The zero-order valence-corrected chi connectivity index (χ0v) is 8.53. The lowest BCUT2D eigenvalue weighted by atomic mass is 10.1. The molecule has 1 nitrogen and oxygen atoms in total. The van der Waals surface area contributed by atoms with E-state index in [2.05, 4.69) is 27.8 Å². The van der Waals surface area contributed by atoms with E-state index < -0.39 is 17.2 Å². The Morgan fingerprint density at radius 3 is 2.29 bits per heavy atom. The molecule has 0 atom stereocenters. The number of benzene rings is 1. The van der Waals surface area contributed by atoms with Crippen molar-refractivity contribution in [3.63, 3.8) is 0 Å². The molecule has 1 rings (SSSR count). The van der Waals surface area contributed by atoms with E-state index in [0.717, 1.165) is 12.1 Å². The summed E-state index contributed by atoms with van der Waals surface area (Å²) in [6.45, 7) is 0. The third kappa shape index (κ3) is 2.31. The van der Waals surface area contributed by atoms with Gasteiger partial charge in [0.2, 0.25) is 0 Å². The Morgan fingerprint density at radius 1 is 1.29 bits per heavy atom. The highest BCUT2D eigenvalue weighted by atomic mass is 79.9. The quantitative estimate of drug-likeness (QED) is 0.517. The standard InChI is InChI=1S/C10H4BrF2N/c11-3-1-2-7-4-9(12)8(6-14)10(13)5-7/h4-5H,3H2. The number of hydrogen-bond acceptors (Lipinski definition) is 1. The molecule has 0 N–H and O–H groups in total. The van der Waals surface area contributed by atoms with Crippen LogP contribution in [0.5, 0.6) is 0 Å². The molecule has 70 valence electrons. The first kappa shape index (κ1) is 10.7. The lowest BCUT2D eigenvalue weighted by molar-refractivity contribution is 0.576. The van der Waals surface area contributed by atoms with E-state index in [-0.39, 0.29) is 5.56 Å². The molecule has 1 aromatic carbocycles. The van der Waals surface area contributed by atoms with Gasteiger partial charge in [0.25, 0.3) is 0 Å². The van der Waals surface area contributed by atoms with Gasteiger partial charge in [-0.15, -0.1) is 0 Å². The molecule has 0 aliphatic carbocycles. The molecule has 0 aromatic heterocycles. The fourth-order valence-electron chi connectivity index (χ4n) is 0.888. The van der Waals surface area contributed by atoms with Gasteiger partial charge in [0.15, 0.2) is 0 Å². The van der Waals surface area contributed by atoms with Crippen molar-refractivity contribution < 1.29 is 8.78 Å². The number of nitrogens with zero attached hydrogens (tertiary/aromatic N) is 1. The van der Waals surface area contributed by atoms with Gasteiger partial charge in [-0.3, -0.25) is 0 Å². The minimum Gasteiger partial charge on any atom is -0.205 e. The van der Waals surface area contributed by atoms with Crippen molar-refractivity contribution in [2.24, 2.45) is 0 Å². The highest BCUT2D eigenvalue weighted by Crippen LogP contribution is 2.13. The van der Waals surface area contributed by atoms with Gasteiger partial charge in [-0.05, 0) is 12.1 Å². The van der Waals surface area contributed by atoms with Crippen molar-refractivity contribution >= 4 is 15.9 Å². The zero-order chi connectivity index (χ0) is 10.6. The zero-order valence-electron chi connectivity index (χ0n) is 6.94. The molecular weight excluding hydrogens is 252 g/mol. The van der Waals surface area contributed by atoms with Crippen LogP contribution >= 0.6 is 15.9 Å². The molecule has 0 bridgehead atoms. The molecule has 0 heterocycles. The third-order valence-corrected chi connectivity index (χ3v) is 1.73. The molecule has 0 amide bonds. The van der Waals surface area contributed by atoms with Crippen LogP contribution in [0.2, 0.25) is 0 Å². The Bertz CT molecular complexity index is 428. The van der Waals surface area contributed by atoms with Gasteiger partial charge in [-0.1, -0.05) is 27.8 Å². The van der Waals surface area contributed by atoms with Crippen LogP contribution in [-0.2, 0) is 0 Å². The highest BCUT2D eigenvalue weighted by molar-refractivity contribution is 9.09. The van der Waals surface area contributed by atoms with E-state index in [1.165, 1.54) is 6.07 Å². The van der Waals surface area contributed by atoms with Gasteiger partial charge >= 0.3 is 0 Å². The second kappa shape index (κ2) is 4.74. The molecule has 14 heavy (non-hydrogen) atoms. The summed E-state index contributed by atoms with van der Waals surface area (Å²) in [5, 5.41) is 8.82. The summed E-state index contributed by atoms with van der Waals surface area (Å²) >= 11 is 3.06. The second-order valence-electron chi connectivity index (χ2n) is 2.36. The van der Waals surface area contributed by atoms with E-state index >= 15 is 0 Å². The minimum atomic E-state index is -0.883. The maximum Gasteiger partial charge on any atom is 0.145 e. The molecule has 0 radical (unpaired) electrons. The molecule has 1 aromatic rings. The van der Waals surface area contributed by atoms with Crippen molar-refractivity contribution in [2.75, 3.05) is 5.33 Å². The van der Waals surface area contributed by atoms with Crippen LogP contribution in [0, 0.1) is 34.8 Å². The van der Waals surface area contributed by atoms with E-state index in [1.807, 2.05) is 0 Å². The SMILES string of the molecule is N#Cc1c(F)cc(C#CCBr)cc1F. The van der Waals surface area contributed by atoms with Crippen LogP contribution in [0.1, 0.15) is 11.1 Å². The molecule has 0 aliphatic rings. The first-order valence-corrected chi connectivity index (χ1v) is 4.75. The molecule has 0 spiro atoms. The Kier molecular flexibility index (Phi) is 3.62. The molecule has 0 unspecified atom stereocenters. The fourth-order valence-corrected chi connectivity index (χ4v) is 1.03. The van der Waals surface area contributed by atoms with Gasteiger partial charge < -0.3 is 0 Å². The maximum atomic E-state index is 13.0. The molecule has 0 saturated carbocycles. The van der Waals surface area contributed by atoms with Crippen LogP contribution in [0.4, 0.5) is 8.78 Å². The summed E-state index contributed by atoms with van der Waals surface area (Å²) in [5.74, 6) is 3.38. The van der Waals surface area contributed by atoms with E-state index in [9.17, 15) is 8.78 Å². The van der Waals surface area contributed by atoms with E-state index in [1.54, 1.807) is 0 Å². The van der Waals surface area contributed by atoms with Gasteiger partial charge in [0, 0.05) is 5.56 Å². The number of alkyl halides is 1. The van der Waals surface area contributed by atoms with Crippen LogP contribution < -0.4 is 0 Å². The summed E-state index contributed by atoms with van der Waals surface area (Å²) in [6, 6.07) is 3.52. The van der Waals surface area contributed by atoms with Crippen LogP contribution in [0.15, 0.2) is 12.1 Å². The summed E-state index contributed by atoms with van der Waals surface area (Å²) < 4.78 is 26.0. The number of rotatable bonds is 0. The first-order valence-electron chi connectivity index (χ1n) is 3.63. The van der Waals surface area contributed by atoms with Crippen LogP contribution in [0.25, 0.3) is 0 Å². The largest absolute Gasteiger partial charge is 0.205 e. The summed E-state index contributed by atoms with van der Waals surface area (Å²) in [7, 11) is 0. The Hall–Kier alpha value is -1.39. The smallest absolute Gasteiger partial charge is 0.145 e. The molecule has 0 aliphatic heterocycles. The molecule has 0 fully saturated rings. The minimum absolute atomic E-state index is 0.221. The lowest BCUT2D eigenvalue weighted by Gasteiger charge is -1.96. The summed E-state index contributed by atoms with van der Waals surface area (Å²) in [6.07, 6.45) is 0. The van der Waals surface area contributed by atoms with E-state index in [4.69, 9.17) is 5.26 Å². The number of nitriles is 1. The third-order valence-electron chi connectivity index (χ3n) is 1.45. The molecular formula is C10H4BrF2N. The van der Waals surface area contributed by atoms with E-state index in [0.29, 0.717) is 5.33 Å².